The van der Waals surface area contributed by atoms with Crippen LogP contribution in [0.15, 0.2) is 36.4 Å². The quantitative estimate of drug-likeness (QED) is 0.117. The van der Waals surface area contributed by atoms with Gasteiger partial charge in [-0.3, -0.25) is 0 Å². The van der Waals surface area contributed by atoms with Crippen LogP contribution in [0.5, 0.6) is 23.0 Å². The molecule has 53 heavy (non-hydrogen) atoms. The smallest absolute Gasteiger partial charge is 0.161 e. The highest BCUT2D eigenvalue weighted by Crippen LogP contribution is 2.36. The predicted octanol–water partition coefficient (Wildman–Crippen LogP) is 8.21. The molecule has 0 spiro atoms. The fourth-order valence-electron chi connectivity index (χ4n) is 5.75. The Morgan fingerprint density at radius 2 is 1.06 bits per heavy atom. The van der Waals surface area contributed by atoms with Crippen molar-refractivity contribution in [2.24, 2.45) is 0 Å². The second-order valence-electron chi connectivity index (χ2n) is 11.9. The number of rotatable bonds is 13. The summed E-state index contributed by atoms with van der Waals surface area (Å²) in [7, 11) is 6.47. The van der Waals surface area contributed by atoms with Gasteiger partial charge in [-0.15, -0.1) is 22.7 Å². The molecule has 0 unspecified atom stereocenters. The lowest BCUT2D eigenvalue weighted by atomic mass is 10.1. The molecule has 0 saturated heterocycles. The van der Waals surface area contributed by atoms with Crippen LogP contribution >= 0.6 is 22.7 Å². The van der Waals surface area contributed by atoms with Gasteiger partial charge in [-0.2, -0.15) is 10.5 Å². The highest BCUT2D eigenvalue weighted by molar-refractivity contribution is 7.19. The summed E-state index contributed by atoms with van der Waals surface area (Å²) < 4.78 is 21.3. The van der Waals surface area contributed by atoms with Crippen molar-refractivity contribution in [2.45, 2.75) is 47.0 Å². The van der Waals surface area contributed by atoms with E-state index in [2.05, 4.69) is 34.7 Å². The molecule has 0 atom stereocenters. The van der Waals surface area contributed by atoms with Gasteiger partial charge in [0.05, 0.1) is 39.2 Å². The highest BCUT2D eigenvalue weighted by Gasteiger charge is 2.18. The number of nitrogens with one attached hydrogen (secondary N) is 2. The Balaban J connectivity index is 0.000000204. The zero-order chi connectivity index (χ0) is 38.1. The van der Waals surface area contributed by atoms with Gasteiger partial charge < -0.3 is 29.6 Å². The van der Waals surface area contributed by atoms with Crippen LogP contribution in [0.4, 0.5) is 11.6 Å². The molecule has 2 N–H and O–H groups in total. The van der Waals surface area contributed by atoms with Gasteiger partial charge in [0.25, 0.3) is 0 Å². The van der Waals surface area contributed by atoms with Crippen LogP contribution in [0.2, 0.25) is 0 Å². The van der Waals surface area contributed by atoms with E-state index in [1.165, 1.54) is 22.7 Å². The van der Waals surface area contributed by atoms with Crippen LogP contribution < -0.4 is 29.6 Å². The first-order valence-corrected chi connectivity index (χ1v) is 18.6. The molecule has 0 bridgehead atoms. The summed E-state index contributed by atoms with van der Waals surface area (Å²) in [6.07, 6.45) is 2.12. The highest BCUT2D eigenvalue weighted by atomic mass is 32.1. The first kappa shape index (κ1) is 38.5. The molecule has 6 aromatic rings. The van der Waals surface area contributed by atoms with Crippen LogP contribution in [0.1, 0.15) is 63.9 Å². The Morgan fingerprint density at radius 3 is 1.43 bits per heavy atom. The summed E-state index contributed by atoms with van der Waals surface area (Å²) in [5.41, 5.74) is 3.93. The summed E-state index contributed by atoms with van der Waals surface area (Å²) in [6.45, 7) is 9.59. The summed E-state index contributed by atoms with van der Waals surface area (Å²) in [4.78, 5) is 21.9. The van der Waals surface area contributed by atoms with E-state index in [-0.39, 0.29) is 0 Å². The van der Waals surface area contributed by atoms with Crippen molar-refractivity contribution in [1.82, 2.24) is 19.9 Å². The number of thiophene rings is 2. The minimum absolute atomic E-state index is 0.563. The fourth-order valence-corrected chi connectivity index (χ4v) is 7.74. The number of ether oxygens (including phenoxy) is 4. The van der Waals surface area contributed by atoms with Crippen molar-refractivity contribution in [2.75, 3.05) is 52.2 Å². The lowest BCUT2D eigenvalue weighted by molar-refractivity contribution is 0.354. The van der Waals surface area contributed by atoms with Gasteiger partial charge in [-0.1, -0.05) is 19.1 Å². The molecule has 0 radical (unpaired) electrons. The van der Waals surface area contributed by atoms with E-state index in [4.69, 9.17) is 33.9 Å². The van der Waals surface area contributed by atoms with E-state index < -0.39 is 0 Å². The number of methoxy groups -OCH3 is 4. The first-order chi connectivity index (χ1) is 25.7. The molecule has 0 amide bonds. The maximum absolute atomic E-state index is 9.36. The molecule has 0 aliphatic heterocycles. The Hall–Kier alpha value is -5.70. The zero-order valence-electron chi connectivity index (χ0n) is 31.1. The second kappa shape index (κ2) is 17.7. The molecule has 4 aromatic heterocycles. The Kier molecular flexibility index (Phi) is 12.9. The van der Waals surface area contributed by atoms with Crippen molar-refractivity contribution in [3.05, 3.63) is 80.1 Å². The number of hydrogen-bond donors (Lipinski definition) is 2. The minimum Gasteiger partial charge on any atom is -0.493 e. The molecule has 4 heterocycles. The van der Waals surface area contributed by atoms with E-state index in [0.29, 0.717) is 57.2 Å². The number of fused-ring (bicyclic) bond motifs is 2. The SMILES string of the molecule is CCCNc1nc(Cc2ccc(OC)c(OC)c2)nc2sc(C#N)c(C)c12.CCNc1nc(Cc2ccc(OC)c(OC)c2)nc2sc(C#N)c(C)c12. The van der Waals surface area contributed by atoms with E-state index >= 15 is 0 Å². The monoisotopic (exact) mass is 750 g/mol. The number of nitrogens with zero attached hydrogens (tertiary/aromatic N) is 6. The van der Waals surface area contributed by atoms with Gasteiger partial charge in [0.2, 0.25) is 0 Å². The first-order valence-electron chi connectivity index (χ1n) is 17.0. The maximum Gasteiger partial charge on any atom is 0.161 e. The van der Waals surface area contributed by atoms with Gasteiger partial charge in [0.15, 0.2) is 23.0 Å². The summed E-state index contributed by atoms with van der Waals surface area (Å²) in [5, 5.41) is 27.2. The second-order valence-corrected chi connectivity index (χ2v) is 13.9. The molecular weight excluding hydrogens is 709 g/mol. The minimum atomic E-state index is 0.563. The number of hydrogen-bond acceptors (Lipinski definition) is 14. The van der Waals surface area contributed by atoms with Gasteiger partial charge in [0.1, 0.15) is 54.8 Å². The molecule has 14 heteroatoms. The average Bonchev–Trinajstić information content (AvgIpc) is 3.68. The van der Waals surface area contributed by atoms with Crippen LogP contribution in [0.25, 0.3) is 20.4 Å². The molecular formula is C39H42N8O4S2. The van der Waals surface area contributed by atoms with Gasteiger partial charge >= 0.3 is 0 Å². The zero-order valence-corrected chi connectivity index (χ0v) is 32.8. The van der Waals surface area contributed by atoms with Crippen LogP contribution in [0, 0.1) is 36.5 Å². The maximum atomic E-state index is 9.36. The molecule has 12 nitrogen and oxygen atoms in total. The third-order valence-electron chi connectivity index (χ3n) is 8.38. The number of anilines is 2. The Labute approximate surface area is 317 Å². The topological polar surface area (TPSA) is 160 Å². The molecule has 6 rings (SSSR count). The molecule has 0 fully saturated rings. The lowest BCUT2D eigenvalue weighted by Gasteiger charge is -2.11. The van der Waals surface area contributed by atoms with Crippen molar-refractivity contribution >= 4 is 54.7 Å². The Morgan fingerprint density at radius 1 is 0.623 bits per heavy atom. The predicted molar refractivity (Wildman–Crippen MR) is 211 cm³/mol. The number of benzene rings is 2. The van der Waals surface area contributed by atoms with Crippen molar-refractivity contribution in [3.63, 3.8) is 0 Å². The summed E-state index contributed by atoms with van der Waals surface area (Å²) in [6, 6.07) is 16.1. The van der Waals surface area contributed by atoms with Gasteiger partial charge in [-0.05, 0) is 73.7 Å². The van der Waals surface area contributed by atoms with Crippen LogP contribution in [0.3, 0.4) is 0 Å². The van der Waals surface area contributed by atoms with Crippen LogP contribution in [-0.2, 0) is 12.8 Å². The Bertz CT molecular complexity index is 2320. The van der Waals surface area contributed by atoms with Gasteiger partial charge in [0, 0.05) is 25.9 Å². The molecule has 0 aliphatic carbocycles. The fraction of sp³-hybridized carbons (Fsp3) is 0.333. The summed E-state index contributed by atoms with van der Waals surface area (Å²) in [5.74, 6) is 5.72. The molecule has 0 saturated carbocycles. The molecule has 0 aliphatic rings. The van der Waals surface area contributed by atoms with E-state index in [1.807, 2.05) is 57.2 Å². The van der Waals surface area contributed by atoms with Crippen molar-refractivity contribution < 1.29 is 18.9 Å². The van der Waals surface area contributed by atoms with Crippen molar-refractivity contribution in [3.8, 4) is 35.1 Å². The number of nitriles is 2. The number of aromatic nitrogens is 4. The van der Waals surface area contributed by atoms with Gasteiger partial charge in [-0.25, -0.2) is 19.9 Å². The lowest BCUT2D eigenvalue weighted by Crippen LogP contribution is -2.06. The van der Waals surface area contributed by atoms with Crippen molar-refractivity contribution in [1.29, 1.82) is 10.5 Å². The third-order valence-corrected chi connectivity index (χ3v) is 10.6. The third kappa shape index (κ3) is 8.52. The molecule has 2 aromatic carbocycles. The van der Waals surface area contributed by atoms with E-state index in [9.17, 15) is 10.5 Å². The number of aryl methyl sites for hydroxylation is 2. The largest absolute Gasteiger partial charge is 0.493 e. The molecule has 274 valence electrons. The standard InChI is InChI=1S/C20H22N4O2S.C19H20N4O2S/c1-5-8-22-19-18-12(2)16(11-21)27-20(18)24-17(23-19)10-13-6-7-14(25-3)15(9-13)26-4;1-5-21-18-17-11(2)15(10-20)26-19(17)23-16(22-18)9-12-6-7-13(24-3)14(8-12)25-4/h6-7,9H,5,8,10H2,1-4H3,(H,22,23,24);6-8H,5,9H2,1-4H3,(H,21,22,23). The summed E-state index contributed by atoms with van der Waals surface area (Å²) >= 11 is 2.82. The normalized spacial score (nSPS) is 10.6. The average molecular weight is 751 g/mol. The van der Waals surface area contributed by atoms with E-state index in [1.54, 1.807) is 28.4 Å². The van der Waals surface area contributed by atoms with E-state index in [0.717, 1.165) is 73.8 Å². The van der Waals surface area contributed by atoms with Crippen LogP contribution in [-0.4, -0.2) is 61.5 Å².